The lowest BCUT2D eigenvalue weighted by Gasteiger charge is -2.10. The van der Waals surface area contributed by atoms with E-state index in [-0.39, 0.29) is 18.6 Å². The van der Waals surface area contributed by atoms with Gasteiger partial charge in [0.1, 0.15) is 5.75 Å². The molecule has 1 N–H and O–H groups in total. The molecule has 21 heavy (non-hydrogen) atoms. The number of methoxy groups -OCH3 is 1. The Labute approximate surface area is 119 Å². The SMILES string of the molecule is COC(=O)CCc1cc(OC(F)F)ccc1/C=C/C(=O)O. The van der Waals surface area contributed by atoms with Crippen molar-refractivity contribution in [3.05, 3.63) is 35.4 Å². The molecule has 114 valence electrons. The first-order valence-corrected chi connectivity index (χ1v) is 5.98. The maximum Gasteiger partial charge on any atom is 0.387 e. The molecular formula is C14H14F2O5. The minimum absolute atomic E-state index is 0.0442. The average Bonchev–Trinajstić information content (AvgIpc) is 2.42. The number of rotatable bonds is 7. The highest BCUT2D eigenvalue weighted by atomic mass is 19.3. The van der Waals surface area contributed by atoms with E-state index in [1.54, 1.807) is 0 Å². The second-order valence-corrected chi connectivity index (χ2v) is 3.99. The van der Waals surface area contributed by atoms with Gasteiger partial charge in [0, 0.05) is 12.5 Å². The summed E-state index contributed by atoms with van der Waals surface area (Å²) in [4.78, 5) is 21.7. The molecule has 0 fully saturated rings. The number of aliphatic carboxylic acids is 1. The summed E-state index contributed by atoms with van der Waals surface area (Å²) in [5.41, 5.74) is 1.01. The fourth-order valence-electron chi connectivity index (χ4n) is 1.64. The second-order valence-electron chi connectivity index (χ2n) is 3.99. The van der Waals surface area contributed by atoms with Crippen LogP contribution in [0, 0.1) is 0 Å². The maximum atomic E-state index is 12.2. The number of carbonyl (C=O) groups is 2. The molecule has 0 saturated carbocycles. The van der Waals surface area contributed by atoms with Crippen molar-refractivity contribution in [3.8, 4) is 5.75 Å². The first-order chi connectivity index (χ1) is 9.92. The Kier molecular flexibility index (Phi) is 6.32. The molecule has 0 saturated heterocycles. The number of ether oxygens (including phenoxy) is 2. The summed E-state index contributed by atoms with van der Waals surface area (Å²) in [7, 11) is 1.24. The third-order valence-electron chi connectivity index (χ3n) is 2.57. The van der Waals surface area contributed by atoms with Crippen molar-refractivity contribution in [1.82, 2.24) is 0 Å². The smallest absolute Gasteiger partial charge is 0.387 e. The molecule has 0 aliphatic carbocycles. The van der Waals surface area contributed by atoms with Crippen LogP contribution >= 0.6 is 0 Å². The van der Waals surface area contributed by atoms with Gasteiger partial charge in [0.2, 0.25) is 0 Å². The number of aryl methyl sites for hydroxylation is 1. The van der Waals surface area contributed by atoms with Crippen molar-refractivity contribution >= 4 is 18.0 Å². The van der Waals surface area contributed by atoms with E-state index in [0.29, 0.717) is 11.1 Å². The van der Waals surface area contributed by atoms with Crippen LogP contribution in [0.2, 0.25) is 0 Å². The molecule has 0 amide bonds. The minimum atomic E-state index is -2.96. The quantitative estimate of drug-likeness (QED) is 0.618. The fourth-order valence-corrected chi connectivity index (χ4v) is 1.64. The Morgan fingerprint density at radius 3 is 2.67 bits per heavy atom. The third kappa shape index (κ3) is 6.03. The van der Waals surface area contributed by atoms with Crippen molar-refractivity contribution in [2.45, 2.75) is 19.5 Å². The zero-order valence-corrected chi connectivity index (χ0v) is 11.2. The van der Waals surface area contributed by atoms with Crippen molar-refractivity contribution in [3.63, 3.8) is 0 Å². The molecule has 5 nitrogen and oxygen atoms in total. The number of halogens is 2. The number of carbonyl (C=O) groups excluding carboxylic acids is 1. The molecule has 0 unspecified atom stereocenters. The van der Waals surface area contributed by atoms with Gasteiger partial charge in [0.15, 0.2) is 0 Å². The van der Waals surface area contributed by atoms with Gasteiger partial charge in [-0.1, -0.05) is 6.07 Å². The Balaban J connectivity index is 2.99. The van der Waals surface area contributed by atoms with Crippen LogP contribution in [0.25, 0.3) is 6.08 Å². The van der Waals surface area contributed by atoms with Crippen LogP contribution in [0.3, 0.4) is 0 Å². The van der Waals surface area contributed by atoms with Crippen LogP contribution in [0.1, 0.15) is 17.5 Å². The number of hydrogen-bond donors (Lipinski definition) is 1. The van der Waals surface area contributed by atoms with Crippen molar-refractivity contribution in [1.29, 1.82) is 0 Å². The van der Waals surface area contributed by atoms with Gasteiger partial charge in [-0.3, -0.25) is 4.79 Å². The molecule has 0 bridgehead atoms. The molecule has 0 atom stereocenters. The zero-order valence-electron chi connectivity index (χ0n) is 11.2. The van der Waals surface area contributed by atoms with Gasteiger partial charge >= 0.3 is 18.6 Å². The summed E-state index contributed by atoms with van der Waals surface area (Å²) < 4.78 is 33.2. The van der Waals surface area contributed by atoms with Crippen LogP contribution in [0.4, 0.5) is 8.78 Å². The highest BCUT2D eigenvalue weighted by Gasteiger charge is 2.09. The van der Waals surface area contributed by atoms with Crippen LogP contribution in [0.15, 0.2) is 24.3 Å². The number of carboxylic acid groups (broad SMARTS) is 1. The fraction of sp³-hybridized carbons (Fsp3) is 0.286. The summed E-state index contributed by atoms with van der Waals surface area (Å²) in [6.45, 7) is -2.96. The Bertz CT molecular complexity index is 540. The monoisotopic (exact) mass is 300 g/mol. The molecule has 1 rings (SSSR count). The number of carboxylic acids is 1. The molecule has 1 aromatic carbocycles. The molecule has 0 heterocycles. The normalized spacial score (nSPS) is 10.9. The molecule has 0 aliphatic heterocycles. The van der Waals surface area contributed by atoms with Gasteiger partial charge in [-0.2, -0.15) is 8.78 Å². The standard InChI is InChI=1S/C14H14F2O5/c1-20-13(19)7-4-10-8-11(21-14(15)16)5-2-9(10)3-6-12(17)18/h2-3,5-6,8,14H,4,7H2,1H3,(H,17,18)/b6-3+. The summed E-state index contributed by atoms with van der Waals surface area (Å²) in [5, 5.41) is 8.61. The predicted octanol–water partition coefficient (Wildman–Crippen LogP) is 2.49. The van der Waals surface area contributed by atoms with E-state index in [0.717, 1.165) is 6.08 Å². The van der Waals surface area contributed by atoms with E-state index in [1.165, 1.54) is 31.4 Å². The first-order valence-electron chi connectivity index (χ1n) is 5.98. The topological polar surface area (TPSA) is 72.8 Å². The average molecular weight is 300 g/mol. The van der Waals surface area contributed by atoms with Crippen LogP contribution in [-0.4, -0.2) is 30.8 Å². The van der Waals surface area contributed by atoms with Gasteiger partial charge in [0.25, 0.3) is 0 Å². The zero-order chi connectivity index (χ0) is 15.8. The van der Waals surface area contributed by atoms with Crippen LogP contribution < -0.4 is 4.74 Å². The van der Waals surface area contributed by atoms with E-state index in [9.17, 15) is 18.4 Å². The number of esters is 1. The van der Waals surface area contributed by atoms with Gasteiger partial charge in [-0.05, 0) is 35.8 Å². The summed E-state index contributed by atoms with van der Waals surface area (Å²) in [6, 6.07) is 4.09. The minimum Gasteiger partial charge on any atom is -0.478 e. The molecule has 0 aromatic heterocycles. The predicted molar refractivity (Wildman–Crippen MR) is 70.1 cm³/mol. The van der Waals surface area contributed by atoms with Crippen molar-refractivity contribution in [2.24, 2.45) is 0 Å². The van der Waals surface area contributed by atoms with Crippen molar-refractivity contribution < 1.29 is 33.0 Å². The maximum absolute atomic E-state index is 12.2. The van der Waals surface area contributed by atoms with E-state index in [4.69, 9.17) is 5.11 Å². The van der Waals surface area contributed by atoms with Gasteiger partial charge < -0.3 is 14.6 Å². The lowest BCUT2D eigenvalue weighted by Crippen LogP contribution is -2.05. The highest BCUT2D eigenvalue weighted by Crippen LogP contribution is 2.22. The number of alkyl halides is 2. The molecule has 1 aromatic rings. The first kappa shape index (κ1) is 16.6. The van der Waals surface area contributed by atoms with E-state index < -0.39 is 18.6 Å². The van der Waals surface area contributed by atoms with Crippen LogP contribution in [0.5, 0.6) is 5.75 Å². The lowest BCUT2D eigenvalue weighted by atomic mass is 10.0. The molecule has 0 spiro atoms. The Morgan fingerprint density at radius 1 is 1.38 bits per heavy atom. The van der Waals surface area contributed by atoms with Crippen LogP contribution in [-0.2, 0) is 20.7 Å². The molecule has 0 aliphatic rings. The Hall–Kier alpha value is -2.44. The lowest BCUT2D eigenvalue weighted by molar-refractivity contribution is -0.140. The van der Waals surface area contributed by atoms with E-state index >= 15 is 0 Å². The summed E-state index contributed by atoms with van der Waals surface area (Å²) in [6.07, 6.45) is 2.50. The van der Waals surface area contributed by atoms with E-state index in [2.05, 4.69) is 9.47 Å². The van der Waals surface area contributed by atoms with Gasteiger partial charge in [0.05, 0.1) is 7.11 Å². The number of benzene rings is 1. The Morgan fingerprint density at radius 2 is 2.10 bits per heavy atom. The molecule has 0 radical (unpaired) electrons. The molecule has 7 heteroatoms. The second kappa shape index (κ2) is 7.98. The number of hydrogen-bond acceptors (Lipinski definition) is 4. The van der Waals surface area contributed by atoms with Gasteiger partial charge in [-0.15, -0.1) is 0 Å². The third-order valence-corrected chi connectivity index (χ3v) is 2.57. The summed E-state index contributed by atoms with van der Waals surface area (Å²) >= 11 is 0. The highest BCUT2D eigenvalue weighted by molar-refractivity contribution is 5.85. The largest absolute Gasteiger partial charge is 0.478 e. The molecular weight excluding hydrogens is 286 g/mol. The van der Waals surface area contributed by atoms with Gasteiger partial charge in [-0.25, -0.2) is 4.79 Å². The van der Waals surface area contributed by atoms with E-state index in [1.807, 2.05) is 0 Å². The van der Waals surface area contributed by atoms with Crippen molar-refractivity contribution in [2.75, 3.05) is 7.11 Å². The summed E-state index contributed by atoms with van der Waals surface area (Å²) in [5.74, 6) is -1.65.